The second kappa shape index (κ2) is 7.23. The summed E-state index contributed by atoms with van der Waals surface area (Å²) in [5.41, 5.74) is 3.30. The van der Waals surface area contributed by atoms with E-state index in [4.69, 9.17) is 4.74 Å². The zero-order valence-corrected chi connectivity index (χ0v) is 14.8. The number of aromatic nitrogens is 2. The van der Waals surface area contributed by atoms with E-state index >= 15 is 0 Å². The van der Waals surface area contributed by atoms with Crippen LogP contribution in [0.4, 0.5) is 11.5 Å². The molecule has 0 fully saturated rings. The number of anilines is 2. The first-order valence-electron chi connectivity index (χ1n) is 8.16. The molecule has 0 spiro atoms. The molecule has 0 saturated heterocycles. The molecule has 0 atom stereocenters. The van der Waals surface area contributed by atoms with Crippen LogP contribution in [0.2, 0.25) is 0 Å². The van der Waals surface area contributed by atoms with Crippen molar-refractivity contribution in [2.45, 2.75) is 20.8 Å². The van der Waals surface area contributed by atoms with Gasteiger partial charge in [-0.15, -0.1) is 0 Å². The molecule has 0 saturated carbocycles. The second-order valence-electron chi connectivity index (χ2n) is 5.99. The van der Waals surface area contributed by atoms with Gasteiger partial charge in [-0.2, -0.15) is 5.10 Å². The number of hydrogen-bond donors (Lipinski definition) is 1. The first-order chi connectivity index (χ1) is 12.4. The third kappa shape index (κ3) is 3.80. The van der Waals surface area contributed by atoms with Crippen molar-refractivity contribution in [2.75, 3.05) is 5.32 Å². The minimum atomic E-state index is -0.862. The summed E-state index contributed by atoms with van der Waals surface area (Å²) < 4.78 is 6.95. The number of hydrogen-bond acceptors (Lipinski definition) is 5. The molecular weight excluding hydrogens is 330 g/mol. The quantitative estimate of drug-likeness (QED) is 0.432. The van der Waals surface area contributed by atoms with Gasteiger partial charge in [0, 0.05) is 24.9 Å². The number of Topliss-reactive ketones (excluding diaryl/α,β-unsaturated/α-hetero) is 1. The maximum Gasteiger partial charge on any atom is 0.379 e. The number of carbonyl (C=O) groups is 2. The Labute approximate surface area is 151 Å². The Morgan fingerprint density at radius 1 is 1.04 bits per heavy atom. The summed E-state index contributed by atoms with van der Waals surface area (Å²) in [5, 5.41) is 7.74. The molecule has 3 aromatic rings. The summed E-state index contributed by atoms with van der Waals surface area (Å²) >= 11 is 0. The lowest BCUT2D eigenvalue weighted by Gasteiger charge is -2.12. The van der Waals surface area contributed by atoms with Crippen molar-refractivity contribution in [3.05, 3.63) is 65.9 Å². The molecule has 0 aliphatic heterocycles. The molecule has 26 heavy (non-hydrogen) atoms. The summed E-state index contributed by atoms with van der Waals surface area (Å²) in [6.45, 7) is 4.83. The van der Waals surface area contributed by atoms with E-state index in [1.54, 1.807) is 4.68 Å². The average molecular weight is 349 g/mol. The molecule has 6 heteroatoms. The molecule has 0 unspecified atom stereocenters. The van der Waals surface area contributed by atoms with Gasteiger partial charge in [0.1, 0.15) is 5.75 Å². The first-order valence-corrected chi connectivity index (χ1v) is 8.16. The largest absolute Gasteiger partial charge is 0.420 e. The topological polar surface area (TPSA) is 73.2 Å². The van der Waals surface area contributed by atoms with Crippen molar-refractivity contribution >= 4 is 23.3 Å². The number of ketones is 1. The van der Waals surface area contributed by atoms with Gasteiger partial charge >= 0.3 is 5.97 Å². The van der Waals surface area contributed by atoms with Gasteiger partial charge in [-0.25, -0.2) is 9.48 Å². The van der Waals surface area contributed by atoms with Crippen LogP contribution in [0, 0.1) is 13.8 Å². The highest BCUT2D eigenvalue weighted by atomic mass is 16.5. The Hall–Kier alpha value is -3.41. The highest BCUT2D eigenvalue weighted by Gasteiger charge is 2.15. The van der Waals surface area contributed by atoms with E-state index in [1.165, 1.54) is 6.92 Å². The van der Waals surface area contributed by atoms with Gasteiger partial charge in [-0.3, -0.25) is 4.79 Å². The number of para-hydroxylation sites is 1. The van der Waals surface area contributed by atoms with Crippen LogP contribution in [0.3, 0.4) is 0 Å². The van der Waals surface area contributed by atoms with E-state index in [-0.39, 0.29) is 0 Å². The lowest BCUT2D eigenvalue weighted by molar-refractivity contribution is -0.146. The fourth-order valence-electron chi connectivity index (χ4n) is 2.61. The Morgan fingerprint density at radius 3 is 2.31 bits per heavy atom. The van der Waals surface area contributed by atoms with Crippen molar-refractivity contribution in [2.24, 2.45) is 0 Å². The summed E-state index contributed by atoms with van der Waals surface area (Å²) in [6, 6.07) is 15.4. The molecule has 6 nitrogen and oxygen atoms in total. The number of benzene rings is 2. The normalized spacial score (nSPS) is 10.4. The van der Waals surface area contributed by atoms with E-state index in [0.29, 0.717) is 11.6 Å². The zero-order valence-electron chi connectivity index (χ0n) is 14.8. The second-order valence-corrected chi connectivity index (χ2v) is 5.99. The fourth-order valence-corrected chi connectivity index (χ4v) is 2.61. The van der Waals surface area contributed by atoms with Crippen molar-refractivity contribution in [1.82, 2.24) is 9.78 Å². The number of esters is 1. The number of nitrogens with zero attached hydrogens (tertiary/aromatic N) is 2. The van der Waals surface area contributed by atoms with Crippen LogP contribution in [0.1, 0.15) is 18.1 Å². The average Bonchev–Trinajstić information content (AvgIpc) is 3.07. The van der Waals surface area contributed by atoms with Gasteiger partial charge in [-0.1, -0.05) is 18.2 Å². The lowest BCUT2D eigenvalue weighted by Crippen LogP contribution is -2.18. The fraction of sp³-hybridized carbons (Fsp3) is 0.150. The number of ether oxygens (including phenoxy) is 1. The Balaban J connectivity index is 1.80. The molecule has 3 rings (SSSR count). The minimum absolute atomic E-state index is 0.408. The van der Waals surface area contributed by atoms with Crippen molar-refractivity contribution in [3.63, 3.8) is 0 Å². The Morgan fingerprint density at radius 2 is 1.69 bits per heavy atom. The van der Waals surface area contributed by atoms with Gasteiger partial charge in [-0.05, 0) is 49.2 Å². The molecule has 0 aliphatic rings. The van der Waals surface area contributed by atoms with Gasteiger partial charge in [0.25, 0.3) is 0 Å². The molecule has 2 aromatic carbocycles. The predicted molar refractivity (Wildman–Crippen MR) is 99.1 cm³/mol. The number of rotatable bonds is 5. The van der Waals surface area contributed by atoms with Crippen LogP contribution in [-0.2, 0) is 9.59 Å². The van der Waals surface area contributed by atoms with Crippen molar-refractivity contribution < 1.29 is 14.3 Å². The highest BCUT2D eigenvalue weighted by Crippen LogP contribution is 2.29. The van der Waals surface area contributed by atoms with Gasteiger partial charge in [0.15, 0.2) is 5.82 Å². The van der Waals surface area contributed by atoms with Crippen LogP contribution in [0.25, 0.3) is 5.69 Å². The standard InChI is InChI=1S/C20H19N3O3/c1-13-11-16(12-14(2)19(13)26-20(25)15(3)24)21-18-9-10-23(22-18)17-7-5-4-6-8-17/h4-12H,1-3H3,(H,21,22). The van der Waals surface area contributed by atoms with Crippen LogP contribution in [0.5, 0.6) is 5.75 Å². The van der Waals surface area contributed by atoms with Gasteiger partial charge in [0.05, 0.1) is 5.69 Å². The maximum absolute atomic E-state index is 11.5. The number of nitrogens with one attached hydrogen (secondary N) is 1. The van der Waals surface area contributed by atoms with Gasteiger partial charge in [0.2, 0.25) is 5.78 Å². The molecule has 132 valence electrons. The molecule has 1 heterocycles. The van der Waals surface area contributed by atoms with E-state index in [0.717, 1.165) is 22.5 Å². The first kappa shape index (κ1) is 17.4. The van der Waals surface area contributed by atoms with E-state index in [9.17, 15) is 9.59 Å². The van der Waals surface area contributed by atoms with E-state index < -0.39 is 11.8 Å². The van der Waals surface area contributed by atoms with Crippen molar-refractivity contribution in [1.29, 1.82) is 0 Å². The molecular formula is C20H19N3O3. The number of aryl methyl sites for hydroxylation is 2. The summed E-state index contributed by atoms with van der Waals surface area (Å²) in [4.78, 5) is 22.6. The Kier molecular flexibility index (Phi) is 4.84. The van der Waals surface area contributed by atoms with E-state index in [1.807, 2.05) is 68.6 Å². The summed E-state index contributed by atoms with van der Waals surface area (Å²) in [7, 11) is 0. The summed E-state index contributed by atoms with van der Waals surface area (Å²) in [6.07, 6.45) is 1.88. The van der Waals surface area contributed by atoms with Crippen LogP contribution in [0.15, 0.2) is 54.7 Å². The van der Waals surface area contributed by atoms with Crippen LogP contribution >= 0.6 is 0 Å². The third-order valence-electron chi connectivity index (χ3n) is 3.82. The van der Waals surface area contributed by atoms with Crippen LogP contribution in [-0.4, -0.2) is 21.5 Å². The lowest BCUT2D eigenvalue weighted by atomic mass is 10.1. The van der Waals surface area contributed by atoms with Crippen molar-refractivity contribution in [3.8, 4) is 11.4 Å². The monoisotopic (exact) mass is 349 g/mol. The van der Waals surface area contributed by atoms with Crippen LogP contribution < -0.4 is 10.1 Å². The number of carbonyl (C=O) groups excluding carboxylic acids is 2. The van der Waals surface area contributed by atoms with E-state index in [2.05, 4.69) is 10.4 Å². The Bertz CT molecular complexity index is 938. The molecule has 0 amide bonds. The highest BCUT2D eigenvalue weighted by molar-refractivity contribution is 6.33. The minimum Gasteiger partial charge on any atom is -0.420 e. The molecule has 1 aromatic heterocycles. The maximum atomic E-state index is 11.5. The predicted octanol–water partition coefficient (Wildman–Crippen LogP) is 3.73. The molecule has 0 radical (unpaired) electrons. The van der Waals surface area contributed by atoms with Gasteiger partial charge < -0.3 is 10.1 Å². The molecule has 1 N–H and O–H groups in total. The molecule has 0 aliphatic carbocycles. The summed E-state index contributed by atoms with van der Waals surface area (Å²) in [5.74, 6) is -0.386. The SMILES string of the molecule is CC(=O)C(=O)Oc1c(C)cc(Nc2ccn(-c3ccccc3)n2)cc1C. The zero-order chi connectivity index (χ0) is 18.7. The third-order valence-corrected chi connectivity index (χ3v) is 3.82. The smallest absolute Gasteiger partial charge is 0.379 e. The molecule has 0 bridgehead atoms.